The maximum absolute atomic E-state index is 12.1. The molecule has 118 valence electrons. The first kappa shape index (κ1) is 17.7. The summed E-state index contributed by atoms with van der Waals surface area (Å²) < 4.78 is 24.2. The normalized spacial score (nSPS) is 13.8. The minimum Gasteiger partial charge on any atom is -0.200 e. The van der Waals surface area contributed by atoms with E-state index in [9.17, 15) is 8.42 Å². The van der Waals surface area contributed by atoms with Gasteiger partial charge in [-0.05, 0) is 48.8 Å². The van der Waals surface area contributed by atoms with Crippen LogP contribution in [0.3, 0.4) is 0 Å². The van der Waals surface area contributed by atoms with Crippen molar-refractivity contribution in [1.29, 1.82) is 0 Å². The fraction of sp³-hybridized carbons (Fsp3) is 0.562. The molecular weight excluding hydrogens is 284 g/mol. The number of hydrazone groups is 1. The number of hydrogen-bond donors (Lipinski definition) is 1. The second-order valence-corrected chi connectivity index (χ2v) is 6.99. The Hall–Kier alpha value is -1.36. The Balaban J connectivity index is 2.79. The van der Waals surface area contributed by atoms with Crippen LogP contribution in [0.15, 0.2) is 34.3 Å². The molecule has 0 aliphatic rings. The number of rotatable bonds is 8. The van der Waals surface area contributed by atoms with Gasteiger partial charge in [-0.2, -0.15) is 13.5 Å². The van der Waals surface area contributed by atoms with Crippen molar-refractivity contribution in [2.24, 2.45) is 11.0 Å². The third kappa shape index (κ3) is 5.16. The lowest BCUT2D eigenvalue weighted by molar-refractivity contribution is 0.583. The van der Waals surface area contributed by atoms with Crippen LogP contribution in [0.4, 0.5) is 0 Å². The number of hydrogen-bond acceptors (Lipinski definition) is 3. The molecule has 0 bridgehead atoms. The molecule has 0 heterocycles. The lowest BCUT2D eigenvalue weighted by Gasteiger charge is -2.10. The molecule has 4 nitrogen and oxygen atoms in total. The number of nitrogens with zero attached hydrogens (tertiary/aromatic N) is 1. The van der Waals surface area contributed by atoms with Crippen LogP contribution in [-0.4, -0.2) is 14.6 Å². The first-order chi connectivity index (χ1) is 9.94. The van der Waals surface area contributed by atoms with E-state index in [4.69, 9.17) is 0 Å². The number of nitrogens with one attached hydrogen (secondary N) is 1. The highest BCUT2D eigenvalue weighted by atomic mass is 32.2. The molecule has 0 aliphatic heterocycles. The zero-order chi connectivity index (χ0) is 15.9. The maximum Gasteiger partial charge on any atom is 0.276 e. The first-order valence-electron chi connectivity index (χ1n) is 7.59. The standard InChI is InChI=1S/C16H26N2O2S/c1-5-13(4)15-8-10-16(11-9-15)21(19,20)18-17-12-14(6-2)7-3/h8-14,18H,5-7H2,1-4H3/b17-12-/t13-/m0/s1. The van der Waals surface area contributed by atoms with E-state index in [1.807, 2.05) is 12.1 Å². The van der Waals surface area contributed by atoms with Gasteiger partial charge in [0.25, 0.3) is 10.0 Å². The monoisotopic (exact) mass is 310 g/mol. The van der Waals surface area contributed by atoms with Crippen LogP contribution < -0.4 is 4.83 Å². The molecule has 0 spiro atoms. The Morgan fingerprint density at radius 1 is 1.10 bits per heavy atom. The smallest absolute Gasteiger partial charge is 0.200 e. The maximum atomic E-state index is 12.1. The lowest BCUT2D eigenvalue weighted by atomic mass is 9.99. The zero-order valence-corrected chi connectivity index (χ0v) is 14.2. The highest BCUT2D eigenvalue weighted by molar-refractivity contribution is 7.89. The summed E-state index contributed by atoms with van der Waals surface area (Å²) in [6, 6.07) is 7.01. The Morgan fingerprint density at radius 3 is 2.14 bits per heavy atom. The molecule has 0 amide bonds. The predicted molar refractivity (Wildman–Crippen MR) is 88.0 cm³/mol. The van der Waals surface area contributed by atoms with Gasteiger partial charge < -0.3 is 0 Å². The molecule has 0 fully saturated rings. The highest BCUT2D eigenvalue weighted by Crippen LogP contribution is 2.20. The molecule has 21 heavy (non-hydrogen) atoms. The average molecular weight is 310 g/mol. The van der Waals surface area contributed by atoms with E-state index in [1.165, 1.54) is 0 Å². The van der Waals surface area contributed by atoms with E-state index < -0.39 is 10.0 Å². The Morgan fingerprint density at radius 2 is 1.67 bits per heavy atom. The fourth-order valence-corrected chi connectivity index (χ4v) is 2.77. The van der Waals surface area contributed by atoms with Gasteiger partial charge in [-0.25, -0.2) is 4.83 Å². The van der Waals surface area contributed by atoms with Crippen molar-refractivity contribution in [3.8, 4) is 0 Å². The van der Waals surface area contributed by atoms with E-state index in [0.29, 0.717) is 11.8 Å². The summed E-state index contributed by atoms with van der Waals surface area (Å²) in [5.74, 6) is 0.739. The summed E-state index contributed by atoms with van der Waals surface area (Å²) in [5.41, 5.74) is 1.15. The largest absolute Gasteiger partial charge is 0.276 e. The third-order valence-corrected chi connectivity index (χ3v) is 5.12. The van der Waals surface area contributed by atoms with Crippen molar-refractivity contribution in [3.63, 3.8) is 0 Å². The van der Waals surface area contributed by atoms with E-state index >= 15 is 0 Å². The Kier molecular flexibility index (Phi) is 6.89. The molecule has 0 aromatic heterocycles. The van der Waals surface area contributed by atoms with Crippen molar-refractivity contribution in [2.75, 3.05) is 0 Å². The Labute approximate surface area is 128 Å². The molecule has 0 radical (unpaired) electrons. The van der Waals surface area contributed by atoms with Gasteiger partial charge in [-0.15, -0.1) is 0 Å². The van der Waals surface area contributed by atoms with Gasteiger partial charge in [0, 0.05) is 6.21 Å². The average Bonchev–Trinajstić information content (AvgIpc) is 2.51. The van der Waals surface area contributed by atoms with Crippen LogP contribution in [0.5, 0.6) is 0 Å². The second kappa shape index (κ2) is 8.17. The van der Waals surface area contributed by atoms with Gasteiger partial charge in [-0.1, -0.05) is 39.8 Å². The van der Waals surface area contributed by atoms with Gasteiger partial charge in [0.15, 0.2) is 0 Å². The van der Waals surface area contributed by atoms with Crippen molar-refractivity contribution < 1.29 is 8.42 Å². The minimum atomic E-state index is -3.57. The van der Waals surface area contributed by atoms with Gasteiger partial charge in [0.2, 0.25) is 0 Å². The summed E-state index contributed by atoms with van der Waals surface area (Å²) >= 11 is 0. The summed E-state index contributed by atoms with van der Waals surface area (Å²) in [7, 11) is -3.57. The van der Waals surface area contributed by atoms with Crippen LogP contribution in [0.1, 0.15) is 58.4 Å². The molecule has 0 saturated carbocycles. The lowest BCUT2D eigenvalue weighted by Crippen LogP contribution is -2.19. The molecule has 5 heteroatoms. The number of sulfonamides is 1. The van der Waals surface area contributed by atoms with Gasteiger partial charge in [-0.3, -0.25) is 0 Å². The van der Waals surface area contributed by atoms with Gasteiger partial charge in [0.1, 0.15) is 0 Å². The van der Waals surface area contributed by atoms with Crippen LogP contribution in [0, 0.1) is 5.92 Å². The van der Waals surface area contributed by atoms with Crippen molar-refractivity contribution >= 4 is 16.2 Å². The van der Waals surface area contributed by atoms with Gasteiger partial charge in [0.05, 0.1) is 4.90 Å². The predicted octanol–water partition coefficient (Wildman–Crippen LogP) is 3.90. The zero-order valence-electron chi connectivity index (χ0n) is 13.3. The molecule has 0 aliphatic carbocycles. The van der Waals surface area contributed by atoms with Crippen LogP contribution in [0.25, 0.3) is 0 Å². The SMILES string of the molecule is CCC(/C=N\NS(=O)(=O)c1ccc([C@@H](C)CC)cc1)CC. The molecule has 0 unspecified atom stereocenters. The molecule has 1 atom stereocenters. The van der Waals surface area contributed by atoms with E-state index in [0.717, 1.165) is 24.8 Å². The fourth-order valence-electron chi connectivity index (χ4n) is 1.97. The Bertz CT molecular complexity index is 546. The summed E-state index contributed by atoms with van der Waals surface area (Å²) in [6.07, 6.45) is 4.60. The van der Waals surface area contributed by atoms with Crippen molar-refractivity contribution in [2.45, 2.75) is 57.8 Å². The summed E-state index contributed by atoms with van der Waals surface area (Å²) in [5, 5.41) is 3.87. The quantitative estimate of drug-likeness (QED) is 0.585. The molecule has 1 N–H and O–H groups in total. The van der Waals surface area contributed by atoms with Crippen molar-refractivity contribution in [3.05, 3.63) is 29.8 Å². The van der Waals surface area contributed by atoms with E-state index in [1.54, 1.807) is 18.3 Å². The topological polar surface area (TPSA) is 58.5 Å². The molecule has 1 aromatic rings. The highest BCUT2D eigenvalue weighted by Gasteiger charge is 2.13. The van der Waals surface area contributed by atoms with Crippen LogP contribution >= 0.6 is 0 Å². The molecule has 0 saturated heterocycles. The molecular formula is C16H26N2O2S. The van der Waals surface area contributed by atoms with Crippen molar-refractivity contribution in [1.82, 2.24) is 4.83 Å². The van der Waals surface area contributed by atoms with Gasteiger partial charge >= 0.3 is 0 Å². The summed E-state index contributed by atoms with van der Waals surface area (Å²) in [6.45, 7) is 8.36. The first-order valence-corrected chi connectivity index (χ1v) is 9.07. The summed E-state index contributed by atoms with van der Waals surface area (Å²) in [4.78, 5) is 2.53. The molecule has 1 aromatic carbocycles. The second-order valence-electron chi connectivity index (χ2n) is 5.33. The van der Waals surface area contributed by atoms with E-state index in [2.05, 4.69) is 37.6 Å². The molecule has 1 rings (SSSR count). The minimum absolute atomic E-state index is 0.247. The van der Waals surface area contributed by atoms with E-state index in [-0.39, 0.29) is 4.90 Å². The van der Waals surface area contributed by atoms with Crippen LogP contribution in [-0.2, 0) is 10.0 Å². The van der Waals surface area contributed by atoms with Crippen LogP contribution in [0.2, 0.25) is 0 Å². The third-order valence-electron chi connectivity index (χ3n) is 3.88. The number of benzene rings is 1.